The monoisotopic (exact) mass is 814 g/mol. The van der Waals surface area contributed by atoms with Crippen molar-refractivity contribution in [2.24, 2.45) is 0 Å². The number of rotatable bonds is 4. The number of hydrogen-bond acceptors (Lipinski definition) is 0. The van der Waals surface area contributed by atoms with E-state index in [-0.39, 0.29) is 10.8 Å². The highest BCUT2D eigenvalue weighted by Crippen LogP contribution is 2.54. The van der Waals surface area contributed by atoms with Gasteiger partial charge in [0, 0.05) is 10.8 Å². The lowest BCUT2D eigenvalue weighted by atomic mass is 9.79. The van der Waals surface area contributed by atoms with Gasteiger partial charge in [0.25, 0.3) is 0 Å². The van der Waals surface area contributed by atoms with E-state index in [1.54, 1.807) is 0 Å². The average Bonchev–Trinajstić information content (AvgIpc) is 3.70. The topological polar surface area (TPSA) is 0 Å². The van der Waals surface area contributed by atoms with E-state index >= 15 is 0 Å². The molecule has 0 unspecified atom stereocenters. The van der Waals surface area contributed by atoms with Gasteiger partial charge in [0.05, 0.1) is 0 Å². The smallest absolute Gasteiger partial charge is 0.0159 e. The molecule has 0 saturated carbocycles. The van der Waals surface area contributed by atoms with Gasteiger partial charge in [0.15, 0.2) is 0 Å². The summed E-state index contributed by atoms with van der Waals surface area (Å²) in [6, 6.07) is 78.0. The van der Waals surface area contributed by atoms with Crippen molar-refractivity contribution < 1.29 is 0 Å². The molecule has 302 valence electrons. The summed E-state index contributed by atoms with van der Waals surface area (Å²) >= 11 is 0. The summed E-state index contributed by atoms with van der Waals surface area (Å²) in [5.41, 5.74) is 20.7. The molecule has 2 aliphatic carbocycles. The van der Waals surface area contributed by atoms with E-state index in [1.165, 1.54) is 132 Å². The Kier molecular flexibility index (Phi) is 7.80. The van der Waals surface area contributed by atoms with Crippen LogP contribution in [0.5, 0.6) is 0 Å². The zero-order valence-electron chi connectivity index (χ0n) is 36.6. The Morgan fingerprint density at radius 3 is 1.38 bits per heavy atom. The van der Waals surface area contributed by atoms with E-state index in [4.69, 9.17) is 0 Å². The van der Waals surface area contributed by atoms with Crippen LogP contribution in [0, 0.1) is 0 Å². The second-order valence-corrected chi connectivity index (χ2v) is 19.2. The zero-order valence-corrected chi connectivity index (χ0v) is 36.6. The molecule has 0 amide bonds. The standard InChI is InChI=1S/C64H46/c1-63(2)57-23-12-11-19-49(57)50-31-29-46(38-59(50)63)62-54-21-10-9-20-53(54)61(55-33-27-44(35-56(55)62)48-22-13-17-40-15-7-8-18-47(40)48)45-28-32-52-51-30-26-43(36-58(51)64(3,4)60(52)37-45)42-25-24-39-14-5-6-16-41(39)34-42/h5-38H,1-4H3. The number of fused-ring (bicyclic) bond motifs is 10. The maximum Gasteiger partial charge on any atom is 0.0159 e. The normalized spacial score (nSPS) is 14.2. The third kappa shape index (κ3) is 5.29. The fourth-order valence-corrected chi connectivity index (χ4v) is 11.7. The molecule has 2 aliphatic rings. The van der Waals surface area contributed by atoms with Gasteiger partial charge in [-0.2, -0.15) is 0 Å². The summed E-state index contributed by atoms with van der Waals surface area (Å²) in [5.74, 6) is 0. The van der Waals surface area contributed by atoms with E-state index in [2.05, 4.69) is 234 Å². The molecule has 11 aromatic carbocycles. The first-order valence-electron chi connectivity index (χ1n) is 22.7. The first-order valence-corrected chi connectivity index (χ1v) is 22.7. The van der Waals surface area contributed by atoms with Crippen LogP contribution in [-0.2, 0) is 10.8 Å². The minimum atomic E-state index is -0.185. The van der Waals surface area contributed by atoms with E-state index in [0.29, 0.717) is 0 Å². The van der Waals surface area contributed by atoms with Gasteiger partial charge >= 0.3 is 0 Å². The Morgan fingerprint density at radius 1 is 0.234 bits per heavy atom. The Hall–Kier alpha value is -7.54. The fourth-order valence-electron chi connectivity index (χ4n) is 11.7. The Balaban J connectivity index is 1.03. The molecule has 0 heterocycles. The lowest BCUT2D eigenvalue weighted by Crippen LogP contribution is -2.15. The van der Waals surface area contributed by atoms with Gasteiger partial charge in [-0.25, -0.2) is 0 Å². The van der Waals surface area contributed by atoms with Crippen molar-refractivity contribution in [2.75, 3.05) is 0 Å². The molecule has 0 heteroatoms. The largest absolute Gasteiger partial charge is 0.0619 e. The minimum absolute atomic E-state index is 0.105. The molecule has 11 aromatic rings. The van der Waals surface area contributed by atoms with E-state index in [9.17, 15) is 0 Å². The van der Waals surface area contributed by atoms with Gasteiger partial charge in [0.2, 0.25) is 0 Å². The molecule has 0 aliphatic heterocycles. The van der Waals surface area contributed by atoms with E-state index in [1.807, 2.05) is 0 Å². The zero-order chi connectivity index (χ0) is 42.9. The van der Waals surface area contributed by atoms with Crippen LogP contribution in [0.3, 0.4) is 0 Å². The van der Waals surface area contributed by atoms with Gasteiger partial charge in [-0.05, 0) is 162 Å². The second kappa shape index (κ2) is 13.5. The van der Waals surface area contributed by atoms with E-state index < -0.39 is 0 Å². The van der Waals surface area contributed by atoms with Crippen molar-refractivity contribution in [3.05, 3.63) is 229 Å². The Morgan fingerprint density at radius 2 is 0.672 bits per heavy atom. The van der Waals surface area contributed by atoms with Crippen LogP contribution in [0.2, 0.25) is 0 Å². The van der Waals surface area contributed by atoms with Crippen LogP contribution >= 0.6 is 0 Å². The van der Waals surface area contributed by atoms with Gasteiger partial charge in [-0.1, -0.05) is 204 Å². The lowest BCUT2D eigenvalue weighted by Gasteiger charge is -2.24. The van der Waals surface area contributed by atoms with Crippen molar-refractivity contribution in [1.82, 2.24) is 0 Å². The molecule has 0 fully saturated rings. The van der Waals surface area contributed by atoms with E-state index in [0.717, 1.165) is 0 Å². The summed E-state index contributed by atoms with van der Waals surface area (Å²) in [4.78, 5) is 0. The Bertz CT molecular complexity index is 3770. The Labute approximate surface area is 375 Å². The highest BCUT2D eigenvalue weighted by Gasteiger charge is 2.37. The summed E-state index contributed by atoms with van der Waals surface area (Å²) in [7, 11) is 0. The minimum Gasteiger partial charge on any atom is -0.0619 e. The third-order valence-electron chi connectivity index (χ3n) is 15.0. The predicted molar refractivity (Wildman–Crippen MR) is 273 cm³/mol. The van der Waals surface area contributed by atoms with Gasteiger partial charge in [-0.3, -0.25) is 0 Å². The molecule has 0 N–H and O–H groups in total. The second-order valence-electron chi connectivity index (χ2n) is 19.2. The molecule has 0 bridgehead atoms. The SMILES string of the molecule is CC1(C)c2ccccc2-c2ccc(-c3c4ccccc4c(-c4ccc5c(c4)C(C)(C)c4cc(-c6ccc7ccccc7c6)ccc4-5)c4ccc(-c5cccc6ccccc56)cc34)cc21. The maximum atomic E-state index is 2.51. The summed E-state index contributed by atoms with van der Waals surface area (Å²) in [6.07, 6.45) is 0. The van der Waals surface area contributed by atoms with Crippen molar-refractivity contribution >= 4 is 43.1 Å². The first-order chi connectivity index (χ1) is 31.2. The molecular formula is C64H46. The van der Waals surface area contributed by atoms with Crippen LogP contribution in [-0.4, -0.2) is 0 Å². The number of hydrogen-bond donors (Lipinski definition) is 0. The molecule has 64 heavy (non-hydrogen) atoms. The highest BCUT2D eigenvalue weighted by molar-refractivity contribution is 6.22. The molecule has 0 aromatic heterocycles. The van der Waals surface area contributed by atoms with Crippen molar-refractivity contribution in [1.29, 1.82) is 0 Å². The van der Waals surface area contributed by atoms with Gasteiger partial charge in [0.1, 0.15) is 0 Å². The first kappa shape index (κ1) is 37.1. The molecule has 13 rings (SSSR count). The summed E-state index contributed by atoms with van der Waals surface area (Å²) < 4.78 is 0. The fraction of sp³-hybridized carbons (Fsp3) is 0.0938. The average molecular weight is 815 g/mol. The van der Waals surface area contributed by atoms with Crippen LogP contribution in [0.1, 0.15) is 49.9 Å². The third-order valence-corrected chi connectivity index (χ3v) is 15.0. The van der Waals surface area contributed by atoms with Crippen molar-refractivity contribution in [2.45, 2.75) is 38.5 Å². The molecule has 0 spiro atoms. The summed E-state index contributed by atoms with van der Waals surface area (Å²) in [5, 5.41) is 10.2. The van der Waals surface area contributed by atoms with Gasteiger partial charge in [-0.15, -0.1) is 0 Å². The molecule has 0 nitrogen and oxygen atoms in total. The molecular weight excluding hydrogens is 769 g/mol. The predicted octanol–water partition coefficient (Wildman–Crippen LogP) is 17.6. The van der Waals surface area contributed by atoms with Crippen LogP contribution in [0.25, 0.3) is 110 Å². The number of benzene rings is 11. The molecule has 0 saturated heterocycles. The van der Waals surface area contributed by atoms with Crippen LogP contribution in [0.15, 0.2) is 206 Å². The quantitative estimate of drug-likeness (QED) is 0.155. The van der Waals surface area contributed by atoms with Gasteiger partial charge < -0.3 is 0 Å². The van der Waals surface area contributed by atoms with Crippen LogP contribution < -0.4 is 0 Å². The molecule has 0 radical (unpaired) electrons. The van der Waals surface area contributed by atoms with Crippen LogP contribution in [0.4, 0.5) is 0 Å². The summed E-state index contributed by atoms with van der Waals surface area (Å²) in [6.45, 7) is 9.60. The lowest BCUT2D eigenvalue weighted by molar-refractivity contribution is 0.660. The van der Waals surface area contributed by atoms with Crippen molar-refractivity contribution in [3.8, 4) is 66.8 Å². The maximum absolute atomic E-state index is 2.51. The van der Waals surface area contributed by atoms with Crippen molar-refractivity contribution in [3.63, 3.8) is 0 Å². The highest BCUT2D eigenvalue weighted by atomic mass is 14.4. The molecule has 0 atom stereocenters.